The Labute approximate surface area is 120 Å². The largest absolute Gasteiger partial charge is 0.497 e. The predicted molar refractivity (Wildman–Crippen MR) is 76.6 cm³/mol. The molecule has 0 aliphatic heterocycles. The number of benzene rings is 1. The Morgan fingerprint density at radius 3 is 2.65 bits per heavy atom. The van der Waals surface area contributed by atoms with E-state index in [1.807, 2.05) is 24.3 Å². The molecule has 1 aromatic carbocycles. The monoisotopic (exact) mass is 274 g/mol. The van der Waals surface area contributed by atoms with Gasteiger partial charge >= 0.3 is 0 Å². The molecular weight excluding hydrogens is 252 g/mol. The third-order valence-corrected chi connectivity index (χ3v) is 4.91. The van der Waals surface area contributed by atoms with E-state index in [9.17, 15) is 4.79 Å². The van der Waals surface area contributed by atoms with Crippen molar-refractivity contribution in [3.8, 4) is 5.75 Å². The zero-order valence-corrected chi connectivity index (χ0v) is 12.2. The highest BCUT2D eigenvalue weighted by atomic mass is 16.5. The summed E-state index contributed by atoms with van der Waals surface area (Å²) in [5.74, 6) is 2.63. The van der Waals surface area contributed by atoms with Gasteiger partial charge in [-0.15, -0.1) is 0 Å². The quantitative estimate of drug-likeness (QED) is 0.845. The van der Waals surface area contributed by atoms with Crippen LogP contribution in [-0.4, -0.2) is 19.0 Å². The van der Waals surface area contributed by atoms with Crippen LogP contribution in [0.25, 0.3) is 0 Å². The van der Waals surface area contributed by atoms with E-state index in [1.165, 1.54) is 0 Å². The van der Waals surface area contributed by atoms with Crippen molar-refractivity contribution in [1.82, 2.24) is 0 Å². The molecule has 108 valence electrons. The molecule has 0 radical (unpaired) electrons. The molecule has 2 aliphatic carbocycles. The Hall–Kier alpha value is -1.35. The highest BCUT2D eigenvalue weighted by molar-refractivity contribution is 5.84. The lowest BCUT2D eigenvalue weighted by Crippen LogP contribution is -2.32. The van der Waals surface area contributed by atoms with Crippen molar-refractivity contribution in [3.63, 3.8) is 0 Å². The summed E-state index contributed by atoms with van der Waals surface area (Å²) in [4.78, 5) is 12.0. The second-order valence-electron chi connectivity index (χ2n) is 6.18. The van der Waals surface area contributed by atoms with Crippen LogP contribution in [0.5, 0.6) is 5.75 Å². The third-order valence-electron chi connectivity index (χ3n) is 4.91. The van der Waals surface area contributed by atoms with E-state index in [0.717, 1.165) is 30.6 Å². The average molecular weight is 274 g/mol. The Balaban J connectivity index is 1.61. The first kappa shape index (κ1) is 13.6. The summed E-state index contributed by atoms with van der Waals surface area (Å²) in [6.45, 7) is 2.83. The number of carbonyl (C=O) groups excluding carboxylic acids is 1. The summed E-state index contributed by atoms with van der Waals surface area (Å²) in [7, 11) is 1.66. The van der Waals surface area contributed by atoms with Crippen LogP contribution in [0.4, 0.5) is 0 Å². The highest BCUT2D eigenvalue weighted by Crippen LogP contribution is 2.44. The smallest absolute Gasteiger partial charge is 0.138 e. The van der Waals surface area contributed by atoms with Crippen molar-refractivity contribution >= 4 is 5.78 Å². The molecule has 0 saturated heterocycles. The van der Waals surface area contributed by atoms with Gasteiger partial charge in [-0.1, -0.05) is 19.1 Å². The van der Waals surface area contributed by atoms with E-state index < -0.39 is 0 Å². The normalized spacial score (nSPS) is 32.4. The van der Waals surface area contributed by atoms with Gasteiger partial charge in [-0.25, -0.2) is 0 Å². The van der Waals surface area contributed by atoms with Gasteiger partial charge in [0.2, 0.25) is 0 Å². The Bertz CT molecular complexity index is 480. The lowest BCUT2D eigenvalue weighted by molar-refractivity contribution is -0.126. The van der Waals surface area contributed by atoms with Crippen LogP contribution in [0.3, 0.4) is 0 Å². The van der Waals surface area contributed by atoms with E-state index in [0.29, 0.717) is 24.2 Å². The summed E-state index contributed by atoms with van der Waals surface area (Å²) in [6.07, 6.45) is 2.94. The first-order valence-electron chi connectivity index (χ1n) is 7.44. The second-order valence-corrected chi connectivity index (χ2v) is 6.18. The molecule has 2 saturated carbocycles. The molecule has 0 spiro atoms. The minimum atomic E-state index is 0.110. The molecule has 0 unspecified atom stereocenters. The van der Waals surface area contributed by atoms with E-state index in [4.69, 9.17) is 9.47 Å². The van der Waals surface area contributed by atoms with Crippen LogP contribution in [0, 0.1) is 17.8 Å². The molecular formula is C17H22O3. The van der Waals surface area contributed by atoms with E-state index in [-0.39, 0.29) is 12.0 Å². The van der Waals surface area contributed by atoms with Crippen LogP contribution in [-0.2, 0) is 16.1 Å². The van der Waals surface area contributed by atoms with Gasteiger partial charge in [-0.3, -0.25) is 4.79 Å². The highest BCUT2D eigenvalue weighted by Gasteiger charge is 2.45. The van der Waals surface area contributed by atoms with Crippen molar-refractivity contribution in [2.45, 2.75) is 38.9 Å². The molecule has 2 bridgehead atoms. The maximum absolute atomic E-state index is 12.0. The Kier molecular flexibility index (Phi) is 3.79. The van der Waals surface area contributed by atoms with Gasteiger partial charge in [0.25, 0.3) is 0 Å². The summed E-state index contributed by atoms with van der Waals surface area (Å²) in [6, 6.07) is 7.92. The number of ketones is 1. The van der Waals surface area contributed by atoms with Crippen LogP contribution in [0.2, 0.25) is 0 Å². The van der Waals surface area contributed by atoms with Gasteiger partial charge in [-0.2, -0.15) is 0 Å². The number of Topliss-reactive ketones (excluding diaryl/α,β-unsaturated/α-hetero) is 1. The van der Waals surface area contributed by atoms with Gasteiger partial charge in [-0.05, 0) is 42.4 Å². The topological polar surface area (TPSA) is 35.5 Å². The first-order valence-corrected chi connectivity index (χ1v) is 7.44. The molecule has 0 heterocycles. The molecule has 4 atom stereocenters. The molecule has 2 aliphatic rings. The van der Waals surface area contributed by atoms with Gasteiger partial charge in [0.1, 0.15) is 11.5 Å². The molecule has 0 N–H and O–H groups in total. The lowest BCUT2D eigenvalue weighted by Gasteiger charge is -2.32. The molecule has 20 heavy (non-hydrogen) atoms. The van der Waals surface area contributed by atoms with Crippen molar-refractivity contribution in [3.05, 3.63) is 29.8 Å². The third kappa shape index (κ3) is 2.59. The molecule has 3 nitrogen and oxygen atoms in total. The minimum Gasteiger partial charge on any atom is -0.497 e. The summed E-state index contributed by atoms with van der Waals surface area (Å²) in [5.41, 5.74) is 1.13. The standard InChI is InChI=1S/C17H22O3/c1-11-7-17(15-8-13(11)9-16(15)18)20-10-12-3-5-14(19-2)6-4-12/h3-6,11,13,15,17H,7-10H2,1-2H3/t11-,13+,15-,17-/m1/s1. The fourth-order valence-corrected chi connectivity index (χ4v) is 3.58. The van der Waals surface area contributed by atoms with Crippen LogP contribution in [0.15, 0.2) is 24.3 Å². The number of methoxy groups -OCH3 is 1. The lowest BCUT2D eigenvalue weighted by atomic mass is 9.79. The number of carbonyl (C=O) groups is 1. The minimum absolute atomic E-state index is 0.110. The van der Waals surface area contributed by atoms with Crippen LogP contribution in [0.1, 0.15) is 31.7 Å². The van der Waals surface area contributed by atoms with Crippen molar-refractivity contribution in [2.75, 3.05) is 7.11 Å². The number of rotatable bonds is 4. The van der Waals surface area contributed by atoms with E-state index in [1.54, 1.807) is 7.11 Å². The summed E-state index contributed by atoms with van der Waals surface area (Å²) in [5, 5.41) is 0. The zero-order chi connectivity index (χ0) is 14.1. The molecule has 3 heteroatoms. The van der Waals surface area contributed by atoms with E-state index >= 15 is 0 Å². The zero-order valence-electron chi connectivity index (χ0n) is 12.2. The Morgan fingerprint density at radius 1 is 1.20 bits per heavy atom. The second kappa shape index (κ2) is 5.57. The molecule has 0 aromatic heterocycles. The SMILES string of the molecule is COc1ccc(CO[C@@H]2C[C@@H](C)[C@@H]3CC(=O)[C@H]2C3)cc1. The number of fused-ring (bicyclic) bond motifs is 2. The molecule has 2 fully saturated rings. The fraction of sp³-hybridized carbons (Fsp3) is 0.588. The van der Waals surface area contributed by atoms with Crippen molar-refractivity contribution in [2.24, 2.45) is 17.8 Å². The number of ether oxygens (including phenoxy) is 2. The van der Waals surface area contributed by atoms with Gasteiger partial charge < -0.3 is 9.47 Å². The Morgan fingerprint density at radius 2 is 1.95 bits per heavy atom. The van der Waals surface area contributed by atoms with Crippen LogP contribution < -0.4 is 4.74 Å². The van der Waals surface area contributed by atoms with Gasteiger partial charge in [0.05, 0.1) is 19.8 Å². The van der Waals surface area contributed by atoms with Crippen molar-refractivity contribution < 1.29 is 14.3 Å². The predicted octanol–water partition coefficient (Wildman–Crippen LogP) is 3.22. The number of hydrogen-bond donors (Lipinski definition) is 0. The van der Waals surface area contributed by atoms with Gasteiger partial charge in [0, 0.05) is 12.3 Å². The first-order chi connectivity index (χ1) is 9.67. The molecule has 3 rings (SSSR count). The van der Waals surface area contributed by atoms with Gasteiger partial charge in [0.15, 0.2) is 0 Å². The molecule has 0 amide bonds. The fourth-order valence-electron chi connectivity index (χ4n) is 3.58. The van der Waals surface area contributed by atoms with Crippen LogP contribution >= 0.6 is 0 Å². The molecule has 1 aromatic rings. The summed E-state index contributed by atoms with van der Waals surface area (Å²) >= 11 is 0. The van der Waals surface area contributed by atoms with Crippen molar-refractivity contribution in [1.29, 1.82) is 0 Å². The maximum atomic E-state index is 12.0. The number of hydrogen-bond acceptors (Lipinski definition) is 3. The van der Waals surface area contributed by atoms with E-state index in [2.05, 4.69) is 6.92 Å². The average Bonchev–Trinajstić information content (AvgIpc) is 2.81. The maximum Gasteiger partial charge on any atom is 0.138 e. The summed E-state index contributed by atoms with van der Waals surface area (Å²) < 4.78 is 11.2.